The van der Waals surface area contributed by atoms with Crippen molar-refractivity contribution in [3.8, 4) is 0 Å². The zero-order chi connectivity index (χ0) is 13.3. The van der Waals surface area contributed by atoms with Crippen LogP contribution in [-0.2, 0) is 0 Å². The van der Waals surface area contributed by atoms with Gasteiger partial charge >= 0.3 is 0 Å². The summed E-state index contributed by atoms with van der Waals surface area (Å²) in [6.07, 6.45) is 8.26. The van der Waals surface area contributed by atoms with Crippen molar-refractivity contribution in [3.63, 3.8) is 0 Å². The van der Waals surface area contributed by atoms with Crippen molar-refractivity contribution in [1.82, 2.24) is 0 Å². The summed E-state index contributed by atoms with van der Waals surface area (Å²) in [5.74, 6) is 0.935. The fourth-order valence-electron chi connectivity index (χ4n) is 4.99. The van der Waals surface area contributed by atoms with Gasteiger partial charge in [-0.15, -0.1) is 0 Å². The summed E-state index contributed by atoms with van der Waals surface area (Å²) >= 11 is 0. The van der Waals surface area contributed by atoms with Gasteiger partial charge in [-0.25, -0.2) is 0 Å². The summed E-state index contributed by atoms with van der Waals surface area (Å²) in [5.41, 5.74) is 1.66. The van der Waals surface area contributed by atoms with E-state index in [1.54, 1.807) is 0 Å². The highest BCUT2D eigenvalue weighted by molar-refractivity contribution is 5.12. The molecule has 0 nitrogen and oxygen atoms in total. The van der Waals surface area contributed by atoms with Crippen LogP contribution in [0.1, 0.15) is 87.0 Å². The second-order valence-corrected chi connectivity index (χ2v) is 7.34. The predicted molar refractivity (Wildman–Crippen MR) is 78.2 cm³/mol. The van der Waals surface area contributed by atoms with Crippen molar-refractivity contribution in [2.24, 2.45) is 22.2 Å². The van der Waals surface area contributed by atoms with E-state index in [1.807, 2.05) is 0 Å². The Morgan fingerprint density at radius 3 is 1.82 bits per heavy atom. The molecule has 0 N–H and O–H groups in total. The minimum absolute atomic E-state index is 0.492. The van der Waals surface area contributed by atoms with Crippen LogP contribution in [0.4, 0.5) is 0 Å². The van der Waals surface area contributed by atoms with Gasteiger partial charge in [0, 0.05) is 0 Å². The molecule has 1 aliphatic carbocycles. The van der Waals surface area contributed by atoms with E-state index >= 15 is 0 Å². The molecule has 0 spiro atoms. The maximum atomic E-state index is 2.56. The molecule has 1 rings (SSSR count). The normalized spacial score (nSPS) is 32.3. The van der Waals surface area contributed by atoms with E-state index < -0.39 is 0 Å². The number of hydrogen-bond acceptors (Lipinski definition) is 0. The summed E-state index contributed by atoms with van der Waals surface area (Å²) in [6.45, 7) is 17.2. The van der Waals surface area contributed by atoms with Gasteiger partial charge in [0.25, 0.3) is 0 Å². The molecule has 1 saturated carbocycles. The van der Waals surface area contributed by atoms with Crippen molar-refractivity contribution < 1.29 is 0 Å². The van der Waals surface area contributed by atoms with Crippen LogP contribution in [0.25, 0.3) is 0 Å². The molecule has 102 valence electrons. The summed E-state index contributed by atoms with van der Waals surface area (Å²) in [5, 5.41) is 0. The maximum Gasteiger partial charge on any atom is -0.0192 e. The molecule has 0 radical (unpaired) electrons. The summed E-state index contributed by atoms with van der Waals surface area (Å²) in [7, 11) is 0. The van der Waals surface area contributed by atoms with Crippen LogP contribution in [0, 0.1) is 22.2 Å². The summed E-state index contributed by atoms with van der Waals surface area (Å²) in [4.78, 5) is 0. The van der Waals surface area contributed by atoms with E-state index in [0.29, 0.717) is 16.2 Å². The molecule has 0 aliphatic heterocycles. The highest BCUT2D eigenvalue weighted by Crippen LogP contribution is 2.72. The predicted octanol–water partition coefficient (Wildman–Crippen LogP) is 6.06. The summed E-state index contributed by atoms with van der Waals surface area (Å²) < 4.78 is 0. The molecule has 3 unspecified atom stereocenters. The minimum Gasteiger partial charge on any atom is -0.0654 e. The molecule has 0 heterocycles. The number of hydrogen-bond donors (Lipinski definition) is 0. The van der Waals surface area contributed by atoms with Gasteiger partial charge in [-0.1, -0.05) is 61.3 Å². The third-order valence-electron chi connectivity index (χ3n) is 6.20. The lowest BCUT2D eigenvalue weighted by Crippen LogP contribution is -2.44. The fraction of sp³-hybridized carbons (Fsp3) is 1.00. The lowest BCUT2D eigenvalue weighted by molar-refractivity contribution is -0.0337. The molecule has 3 atom stereocenters. The van der Waals surface area contributed by atoms with E-state index in [4.69, 9.17) is 0 Å². The Labute approximate surface area is 110 Å². The fourth-order valence-corrected chi connectivity index (χ4v) is 4.99. The first-order chi connectivity index (χ1) is 7.81. The largest absolute Gasteiger partial charge is 0.0654 e. The quantitative estimate of drug-likeness (QED) is 0.506. The maximum absolute atomic E-state index is 2.56. The lowest BCUT2D eigenvalue weighted by atomic mass is 9.52. The van der Waals surface area contributed by atoms with Crippen LogP contribution >= 0.6 is 0 Å². The van der Waals surface area contributed by atoms with Gasteiger partial charge in [0.15, 0.2) is 0 Å². The zero-order valence-corrected chi connectivity index (χ0v) is 13.3. The molecule has 0 heteroatoms. The second kappa shape index (κ2) is 4.94. The molecule has 0 saturated heterocycles. The average molecular weight is 238 g/mol. The van der Waals surface area contributed by atoms with E-state index in [2.05, 4.69) is 48.5 Å². The highest BCUT2D eigenvalue weighted by Gasteiger charge is 2.64. The van der Waals surface area contributed by atoms with Gasteiger partial charge in [-0.2, -0.15) is 0 Å². The van der Waals surface area contributed by atoms with Crippen LogP contribution in [0.5, 0.6) is 0 Å². The number of rotatable bonds is 7. The van der Waals surface area contributed by atoms with Gasteiger partial charge in [0.1, 0.15) is 0 Å². The Balaban J connectivity index is 3.09. The van der Waals surface area contributed by atoms with Gasteiger partial charge in [-0.3, -0.25) is 0 Å². The Bertz CT molecular complexity index is 253. The van der Waals surface area contributed by atoms with Crippen LogP contribution in [0.3, 0.4) is 0 Å². The zero-order valence-electron chi connectivity index (χ0n) is 13.3. The standard InChI is InChI=1S/C17H34/c1-8-11-15(5,6)17(10-3,12-9-2)16(7)13-14(16)4/h14H,8-13H2,1-7H3. The first-order valence-corrected chi connectivity index (χ1v) is 7.81. The van der Waals surface area contributed by atoms with Gasteiger partial charge in [0.05, 0.1) is 0 Å². The SMILES string of the molecule is CCCC(C)(C)C(CC)(CCC)C1(C)CC1C. The molecule has 0 bridgehead atoms. The Kier molecular flexibility index (Phi) is 4.37. The summed E-state index contributed by atoms with van der Waals surface area (Å²) in [6, 6.07) is 0. The van der Waals surface area contributed by atoms with Gasteiger partial charge in [-0.05, 0) is 47.8 Å². The van der Waals surface area contributed by atoms with Gasteiger partial charge in [0.2, 0.25) is 0 Å². The Morgan fingerprint density at radius 2 is 1.53 bits per heavy atom. The first kappa shape index (κ1) is 15.1. The molecule has 0 aromatic carbocycles. The van der Waals surface area contributed by atoms with E-state index in [-0.39, 0.29) is 0 Å². The van der Waals surface area contributed by atoms with Crippen LogP contribution in [0.2, 0.25) is 0 Å². The van der Waals surface area contributed by atoms with Crippen molar-refractivity contribution in [3.05, 3.63) is 0 Å². The Hall–Kier alpha value is 0. The third-order valence-corrected chi connectivity index (χ3v) is 6.20. The van der Waals surface area contributed by atoms with Crippen LogP contribution in [0.15, 0.2) is 0 Å². The van der Waals surface area contributed by atoms with Gasteiger partial charge < -0.3 is 0 Å². The van der Waals surface area contributed by atoms with Crippen LogP contribution < -0.4 is 0 Å². The molecular formula is C17H34. The monoisotopic (exact) mass is 238 g/mol. The second-order valence-electron chi connectivity index (χ2n) is 7.34. The first-order valence-electron chi connectivity index (χ1n) is 7.81. The van der Waals surface area contributed by atoms with E-state index in [1.165, 1.54) is 38.5 Å². The van der Waals surface area contributed by atoms with Crippen molar-refractivity contribution in [2.45, 2.75) is 87.0 Å². The van der Waals surface area contributed by atoms with Crippen LogP contribution in [-0.4, -0.2) is 0 Å². The molecule has 1 aliphatic rings. The molecule has 0 amide bonds. The smallest absolute Gasteiger partial charge is 0.0192 e. The molecule has 17 heavy (non-hydrogen) atoms. The topological polar surface area (TPSA) is 0 Å². The minimum atomic E-state index is 0.492. The molecule has 0 aromatic rings. The van der Waals surface area contributed by atoms with E-state index in [9.17, 15) is 0 Å². The van der Waals surface area contributed by atoms with Crippen molar-refractivity contribution in [1.29, 1.82) is 0 Å². The van der Waals surface area contributed by atoms with Crippen molar-refractivity contribution in [2.75, 3.05) is 0 Å². The molecule has 1 fully saturated rings. The average Bonchev–Trinajstić information content (AvgIpc) is 2.84. The lowest BCUT2D eigenvalue weighted by Gasteiger charge is -2.52. The highest BCUT2D eigenvalue weighted by atomic mass is 14.7. The van der Waals surface area contributed by atoms with E-state index in [0.717, 1.165) is 5.92 Å². The molecule has 0 aromatic heterocycles. The molecular weight excluding hydrogens is 204 g/mol. The third kappa shape index (κ3) is 2.17. The Morgan fingerprint density at radius 1 is 1.06 bits per heavy atom. The van der Waals surface area contributed by atoms with Crippen molar-refractivity contribution >= 4 is 0 Å².